The minimum absolute atomic E-state index is 0.313. The maximum Gasteiger partial charge on any atom is 0.137 e. The Bertz CT molecular complexity index is 471. The smallest absolute Gasteiger partial charge is 0.137 e. The molecule has 1 fully saturated rings. The van der Waals surface area contributed by atoms with Crippen molar-refractivity contribution in [3.8, 4) is 0 Å². The fourth-order valence-electron chi connectivity index (χ4n) is 2.94. The highest BCUT2D eigenvalue weighted by Crippen LogP contribution is 2.37. The Hall–Kier alpha value is -0.830. The zero-order valence-corrected chi connectivity index (χ0v) is 13.8. The molecule has 0 aliphatic heterocycles. The summed E-state index contributed by atoms with van der Waals surface area (Å²) in [5.41, 5.74) is 1.28. The van der Waals surface area contributed by atoms with Gasteiger partial charge in [-0.2, -0.15) is 0 Å². The van der Waals surface area contributed by atoms with Crippen molar-refractivity contribution in [3.05, 3.63) is 16.5 Å². The van der Waals surface area contributed by atoms with Gasteiger partial charge in [-0.05, 0) is 31.6 Å². The maximum absolute atomic E-state index is 6.25. The van der Waals surface area contributed by atoms with Gasteiger partial charge in [0.15, 0.2) is 0 Å². The van der Waals surface area contributed by atoms with Crippen molar-refractivity contribution in [1.29, 1.82) is 0 Å². The molecule has 1 saturated carbocycles. The number of aromatic nitrogens is 2. The number of halogens is 1. The SMILES string of the molecule is CCCc1nc(Cl)c(C)c(NC2CCCCC2(C)C)n1. The van der Waals surface area contributed by atoms with Crippen LogP contribution in [0.2, 0.25) is 5.15 Å². The molecule has 0 amide bonds. The van der Waals surface area contributed by atoms with Gasteiger partial charge >= 0.3 is 0 Å². The van der Waals surface area contributed by atoms with Gasteiger partial charge in [0, 0.05) is 18.0 Å². The highest BCUT2D eigenvalue weighted by molar-refractivity contribution is 6.30. The van der Waals surface area contributed by atoms with E-state index < -0.39 is 0 Å². The van der Waals surface area contributed by atoms with Crippen molar-refractivity contribution in [2.24, 2.45) is 5.41 Å². The molecule has 1 aliphatic carbocycles. The van der Waals surface area contributed by atoms with E-state index >= 15 is 0 Å². The molecular weight excluding hydrogens is 270 g/mol. The first-order valence-corrected chi connectivity index (χ1v) is 8.11. The molecule has 1 atom stereocenters. The van der Waals surface area contributed by atoms with Crippen molar-refractivity contribution < 1.29 is 0 Å². The molecule has 2 rings (SSSR count). The van der Waals surface area contributed by atoms with Crippen LogP contribution in [0, 0.1) is 12.3 Å². The summed E-state index contributed by atoms with van der Waals surface area (Å²) >= 11 is 6.25. The molecule has 112 valence electrons. The Morgan fingerprint density at radius 2 is 2.05 bits per heavy atom. The number of aryl methyl sites for hydroxylation is 1. The summed E-state index contributed by atoms with van der Waals surface area (Å²) in [6.07, 6.45) is 7.01. The Morgan fingerprint density at radius 1 is 1.30 bits per heavy atom. The van der Waals surface area contributed by atoms with E-state index in [1.165, 1.54) is 25.7 Å². The van der Waals surface area contributed by atoms with E-state index in [4.69, 9.17) is 11.6 Å². The molecule has 1 aromatic rings. The Kier molecular flexibility index (Phi) is 4.90. The average Bonchev–Trinajstić information content (AvgIpc) is 2.38. The normalized spacial score (nSPS) is 21.8. The van der Waals surface area contributed by atoms with E-state index in [9.17, 15) is 0 Å². The van der Waals surface area contributed by atoms with E-state index in [0.29, 0.717) is 16.6 Å². The number of nitrogens with one attached hydrogen (secondary N) is 1. The Morgan fingerprint density at radius 3 is 2.70 bits per heavy atom. The molecule has 1 aromatic heterocycles. The first-order valence-electron chi connectivity index (χ1n) is 7.73. The molecular formula is C16H26ClN3. The summed E-state index contributed by atoms with van der Waals surface area (Å²) in [5.74, 6) is 1.77. The third-order valence-electron chi connectivity index (χ3n) is 4.42. The highest BCUT2D eigenvalue weighted by atomic mass is 35.5. The van der Waals surface area contributed by atoms with Crippen LogP contribution in [0.3, 0.4) is 0 Å². The highest BCUT2D eigenvalue weighted by Gasteiger charge is 2.32. The van der Waals surface area contributed by atoms with E-state index in [2.05, 4.69) is 36.1 Å². The van der Waals surface area contributed by atoms with Crippen LogP contribution in [-0.4, -0.2) is 16.0 Å². The number of anilines is 1. The lowest BCUT2D eigenvalue weighted by Gasteiger charge is -2.39. The molecule has 0 aromatic carbocycles. The quantitative estimate of drug-likeness (QED) is 0.813. The maximum atomic E-state index is 6.25. The molecule has 20 heavy (non-hydrogen) atoms. The minimum atomic E-state index is 0.313. The summed E-state index contributed by atoms with van der Waals surface area (Å²) in [6, 6.07) is 0.468. The fraction of sp³-hybridized carbons (Fsp3) is 0.750. The second-order valence-electron chi connectivity index (χ2n) is 6.59. The predicted molar refractivity (Wildman–Crippen MR) is 85.4 cm³/mol. The van der Waals surface area contributed by atoms with Crippen LogP contribution in [0.25, 0.3) is 0 Å². The summed E-state index contributed by atoms with van der Waals surface area (Å²) in [4.78, 5) is 9.04. The van der Waals surface area contributed by atoms with Crippen molar-refractivity contribution in [2.75, 3.05) is 5.32 Å². The molecule has 1 heterocycles. The van der Waals surface area contributed by atoms with E-state index in [-0.39, 0.29) is 0 Å². The van der Waals surface area contributed by atoms with Gasteiger partial charge in [-0.15, -0.1) is 0 Å². The number of nitrogens with zero attached hydrogens (tertiary/aromatic N) is 2. The second-order valence-corrected chi connectivity index (χ2v) is 6.94. The van der Waals surface area contributed by atoms with Crippen LogP contribution < -0.4 is 5.32 Å². The van der Waals surface area contributed by atoms with Gasteiger partial charge in [0.25, 0.3) is 0 Å². The Balaban J connectivity index is 2.23. The standard InChI is InChI=1S/C16H26ClN3/c1-5-8-13-19-14(17)11(2)15(20-13)18-12-9-6-7-10-16(12,3)4/h12H,5-10H2,1-4H3,(H,18,19,20). The number of rotatable bonds is 4. The minimum Gasteiger partial charge on any atom is -0.366 e. The van der Waals surface area contributed by atoms with Crippen LogP contribution in [0.4, 0.5) is 5.82 Å². The van der Waals surface area contributed by atoms with Gasteiger partial charge in [0.1, 0.15) is 16.8 Å². The van der Waals surface area contributed by atoms with Gasteiger partial charge in [-0.25, -0.2) is 9.97 Å². The zero-order chi connectivity index (χ0) is 14.8. The molecule has 1 unspecified atom stereocenters. The van der Waals surface area contributed by atoms with Crippen molar-refractivity contribution in [3.63, 3.8) is 0 Å². The summed E-state index contributed by atoms with van der Waals surface area (Å²) in [5, 5.41) is 4.23. The molecule has 0 saturated heterocycles. The van der Waals surface area contributed by atoms with Crippen LogP contribution in [-0.2, 0) is 6.42 Å². The number of hydrogen-bond acceptors (Lipinski definition) is 3. The van der Waals surface area contributed by atoms with E-state index in [1.54, 1.807) is 0 Å². The molecule has 3 nitrogen and oxygen atoms in total. The van der Waals surface area contributed by atoms with Crippen molar-refractivity contribution >= 4 is 17.4 Å². The molecule has 0 spiro atoms. The van der Waals surface area contributed by atoms with Crippen LogP contribution in [0.5, 0.6) is 0 Å². The average molecular weight is 296 g/mol. The topological polar surface area (TPSA) is 37.8 Å². The molecule has 1 aliphatic rings. The summed E-state index contributed by atoms with van der Waals surface area (Å²) < 4.78 is 0. The van der Waals surface area contributed by atoms with Gasteiger partial charge in [-0.3, -0.25) is 0 Å². The second kappa shape index (κ2) is 6.30. The third kappa shape index (κ3) is 3.43. The Labute approximate surface area is 127 Å². The lowest BCUT2D eigenvalue weighted by Crippen LogP contribution is -2.39. The van der Waals surface area contributed by atoms with Crippen molar-refractivity contribution in [2.45, 2.75) is 72.3 Å². The van der Waals surface area contributed by atoms with Crippen LogP contribution in [0.15, 0.2) is 0 Å². The predicted octanol–water partition coefficient (Wildman–Crippen LogP) is 4.77. The molecule has 0 radical (unpaired) electrons. The lowest BCUT2D eigenvalue weighted by atomic mass is 9.73. The largest absolute Gasteiger partial charge is 0.366 e. The fourth-order valence-corrected chi connectivity index (χ4v) is 3.12. The summed E-state index contributed by atoms with van der Waals surface area (Å²) in [7, 11) is 0. The molecule has 0 bridgehead atoms. The van der Waals surface area contributed by atoms with E-state index in [1.807, 2.05) is 6.92 Å². The zero-order valence-electron chi connectivity index (χ0n) is 13.1. The molecule has 1 N–H and O–H groups in total. The monoisotopic (exact) mass is 295 g/mol. The van der Waals surface area contributed by atoms with Gasteiger partial charge in [0.05, 0.1) is 0 Å². The first kappa shape index (κ1) is 15.6. The summed E-state index contributed by atoms with van der Waals surface area (Å²) in [6.45, 7) is 8.81. The van der Waals surface area contributed by atoms with Crippen LogP contribution >= 0.6 is 11.6 Å². The van der Waals surface area contributed by atoms with Gasteiger partial charge < -0.3 is 5.32 Å². The lowest BCUT2D eigenvalue weighted by molar-refractivity contribution is 0.216. The molecule has 4 heteroatoms. The van der Waals surface area contributed by atoms with Crippen LogP contribution in [0.1, 0.15) is 64.3 Å². The third-order valence-corrected chi connectivity index (χ3v) is 4.79. The van der Waals surface area contributed by atoms with Gasteiger partial charge in [0.2, 0.25) is 0 Å². The van der Waals surface area contributed by atoms with Gasteiger partial charge in [-0.1, -0.05) is 45.2 Å². The van der Waals surface area contributed by atoms with Crippen molar-refractivity contribution in [1.82, 2.24) is 9.97 Å². The van der Waals surface area contributed by atoms with E-state index in [0.717, 1.165) is 30.0 Å². The number of hydrogen-bond donors (Lipinski definition) is 1. The first-order chi connectivity index (χ1) is 9.44.